The molecular weight excluding hydrogens is 236 g/mol. The van der Waals surface area contributed by atoms with Gasteiger partial charge in [-0.05, 0) is 51.3 Å². The molecule has 0 saturated carbocycles. The van der Waals surface area contributed by atoms with Crippen molar-refractivity contribution in [2.45, 2.75) is 39.5 Å². The molecule has 1 aromatic carbocycles. The second-order valence-electron chi connectivity index (χ2n) is 6.34. The average molecular weight is 256 g/mol. The number of nitrogens with zero attached hydrogens (tertiary/aromatic N) is 2. The highest BCUT2D eigenvalue weighted by Gasteiger charge is 2.49. The van der Waals surface area contributed by atoms with Gasteiger partial charge in [0.1, 0.15) is 0 Å². The Labute approximate surface area is 114 Å². The van der Waals surface area contributed by atoms with E-state index in [1.165, 1.54) is 0 Å². The number of benzene rings is 1. The summed E-state index contributed by atoms with van der Waals surface area (Å²) in [6.07, 6.45) is 0.539. The number of carbonyl (C=O) groups is 1. The third kappa shape index (κ3) is 1.92. The summed E-state index contributed by atoms with van der Waals surface area (Å²) in [6, 6.07) is 8.29. The van der Waals surface area contributed by atoms with Gasteiger partial charge in [-0.15, -0.1) is 0 Å². The van der Waals surface area contributed by atoms with Crippen LogP contribution in [0.4, 0.5) is 5.69 Å². The summed E-state index contributed by atoms with van der Waals surface area (Å²) >= 11 is 0. The van der Waals surface area contributed by atoms with Gasteiger partial charge in [0.05, 0.1) is 16.9 Å². The minimum absolute atomic E-state index is 0.0834. The maximum atomic E-state index is 12.6. The molecule has 0 N–H and O–H groups in total. The van der Waals surface area contributed by atoms with Gasteiger partial charge in [0.25, 0.3) is 0 Å². The molecule has 0 saturated heterocycles. The van der Waals surface area contributed by atoms with Crippen LogP contribution >= 0.6 is 0 Å². The van der Waals surface area contributed by atoms with Crippen molar-refractivity contribution in [3.05, 3.63) is 29.3 Å². The largest absolute Gasteiger partial charge is 0.314 e. The first-order valence-electron chi connectivity index (χ1n) is 6.52. The highest BCUT2D eigenvalue weighted by molar-refractivity contribution is 6.08. The Morgan fingerprint density at radius 3 is 2.63 bits per heavy atom. The molecule has 1 atom stereocenters. The van der Waals surface area contributed by atoms with E-state index in [-0.39, 0.29) is 5.91 Å². The highest BCUT2D eigenvalue weighted by atomic mass is 16.2. The molecule has 0 bridgehead atoms. The van der Waals surface area contributed by atoms with Crippen molar-refractivity contribution in [1.82, 2.24) is 0 Å². The second kappa shape index (κ2) is 4.09. The van der Waals surface area contributed by atoms with Crippen molar-refractivity contribution in [1.29, 1.82) is 5.26 Å². The van der Waals surface area contributed by atoms with E-state index in [1.807, 2.05) is 52.9 Å². The minimum atomic E-state index is -0.603. The Bertz CT molecular complexity index is 583. The van der Waals surface area contributed by atoms with E-state index < -0.39 is 10.8 Å². The standard InChI is InChI=1S/C16H20N2O/c1-11-7-6-8-12-13(11)16(4,14(19)18(12)5)9-15(2,3)10-17/h6-8H,9H2,1-5H3/t16-/m0/s1. The molecule has 0 fully saturated rings. The smallest absolute Gasteiger partial charge is 0.237 e. The van der Waals surface area contributed by atoms with Crippen LogP contribution in [0.3, 0.4) is 0 Å². The summed E-state index contributed by atoms with van der Waals surface area (Å²) in [4.78, 5) is 14.4. The quantitative estimate of drug-likeness (QED) is 0.815. The molecule has 3 heteroatoms. The van der Waals surface area contributed by atoms with E-state index in [1.54, 1.807) is 4.90 Å². The molecule has 0 unspecified atom stereocenters. The highest BCUT2D eigenvalue weighted by Crippen LogP contribution is 2.48. The fraction of sp³-hybridized carbons (Fsp3) is 0.500. The number of likely N-dealkylation sites (N-methyl/N-ethyl adjacent to an activating group) is 1. The van der Waals surface area contributed by atoms with E-state index in [2.05, 4.69) is 6.07 Å². The number of rotatable bonds is 2. The molecular formula is C16H20N2O. The zero-order valence-corrected chi connectivity index (χ0v) is 12.2. The van der Waals surface area contributed by atoms with Crippen LogP contribution in [0.25, 0.3) is 0 Å². The van der Waals surface area contributed by atoms with Gasteiger partial charge in [-0.2, -0.15) is 5.26 Å². The van der Waals surface area contributed by atoms with Gasteiger partial charge in [0.15, 0.2) is 0 Å². The summed E-state index contributed by atoms with van der Waals surface area (Å²) in [5, 5.41) is 9.26. The van der Waals surface area contributed by atoms with Crippen LogP contribution in [0.1, 0.15) is 38.3 Å². The molecule has 0 spiro atoms. The van der Waals surface area contributed by atoms with Crippen LogP contribution in [0.15, 0.2) is 18.2 Å². The van der Waals surface area contributed by atoms with Crippen LogP contribution in [-0.2, 0) is 10.2 Å². The molecule has 0 aromatic heterocycles. The van der Waals surface area contributed by atoms with Gasteiger partial charge in [-0.1, -0.05) is 12.1 Å². The molecule has 2 rings (SSSR count). The predicted octanol–water partition coefficient (Wildman–Crippen LogP) is 3.17. The molecule has 1 aliphatic heterocycles. The summed E-state index contributed by atoms with van der Waals surface area (Å²) in [5.74, 6) is 0.0834. The zero-order valence-electron chi connectivity index (χ0n) is 12.2. The Hall–Kier alpha value is -1.82. The topological polar surface area (TPSA) is 44.1 Å². The number of hydrogen-bond donors (Lipinski definition) is 0. The number of amides is 1. The van der Waals surface area contributed by atoms with E-state index in [0.717, 1.165) is 16.8 Å². The number of nitriles is 1. The molecule has 100 valence electrons. The van der Waals surface area contributed by atoms with Crippen LogP contribution in [-0.4, -0.2) is 13.0 Å². The SMILES string of the molecule is Cc1cccc2c1[C@](C)(CC(C)(C)C#N)C(=O)N2C. The lowest BCUT2D eigenvalue weighted by molar-refractivity contribution is -0.123. The van der Waals surface area contributed by atoms with Crippen molar-refractivity contribution >= 4 is 11.6 Å². The first-order chi connectivity index (χ1) is 8.73. The first kappa shape index (κ1) is 13.6. The van der Waals surface area contributed by atoms with E-state index in [0.29, 0.717) is 6.42 Å². The Morgan fingerprint density at radius 1 is 1.42 bits per heavy atom. The number of aryl methyl sites for hydroxylation is 1. The fourth-order valence-electron chi connectivity index (χ4n) is 3.32. The molecule has 1 amide bonds. The average Bonchev–Trinajstić information content (AvgIpc) is 2.52. The zero-order chi connectivity index (χ0) is 14.4. The molecule has 3 nitrogen and oxygen atoms in total. The molecule has 1 aliphatic rings. The van der Waals surface area contributed by atoms with Crippen LogP contribution in [0.5, 0.6) is 0 Å². The normalized spacial score (nSPS) is 22.3. The molecule has 19 heavy (non-hydrogen) atoms. The van der Waals surface area contributed by atoms with Crippen molar-refractivity contribution < 1.29 is 4.79 Å². The predicted molar refractivity (Wildman–Crippen MR) is 76.0 cm³/mol. The Balaban J connectivity index is 2.61. The summed E-state index contributed by atoms with van der Waals surface area (Å²) in [7, 11) is 1.81. The number of hydrogen-bond acceptors (Lipinski definition) is 2. The number of anilines is 1. The van der Waals surface area contributed by atoms with Crippen molar-refractivity contribution in [3.63, 3.8) is 0 Å². The second-order valence-corrected chi connectivity index (χ2v) is 6.34. The van der Waals surface area contributed by atoms with E-state index in [4.69, 9.17) is 0 Å². The fourth-order valence-corrected chi connectivity index (χ4v) is 3.32. The third-order valence-corrected chi connectivity index (χ3v) is 4.04. The van der Waals surface area contributed by atoms with Gasteiger partial charge in [0, 0.05) is 12.7 Å². The summed E-state index contributed by atoms with van der Waals surface area (Å²) in [6.45, 7) is 7.77. The molecule has 0 aliphatic carbocycles. The Kier molecular flexibility index (Phi) is 2.93. The molecule has 0 radical (unpaired) electrons. The van der Waals surface area contributed by atoms with E-state index >= 15 is 0 Å². The maximum Gasteiger partial charge on any atom is 0.237 e. The van der Waals surface area contributed by atoms with Crippen LogP contribution < -0.4 is 4.90 Å². The lowest BCUT2D eigenvalue weighted by Gasteiger charge is -2.30. The van der Waals surface area contributed by atoms with Gasteiger partial charge in [-0.25, -0.2) is 0 Å². The van der Waals surface area contributed by atoms with Gasteiger partial charge >= 0.3 is 0 Å². The number of fused-ring (bicyclic) bond motifs is 1. The van der Waals surface area contributed by atoms with Gasteiger partial charge in [0.2, 0.25) is 5.91 Å². The monoisotopic (exact) mass is 256 g/mol. The maximum absolute atomic E-state index is 12.6. The summed E-state index contributed by atoms with van der Waals surface area (Å²) < 4.78 is 0. The van der Waals surface area contributed by atoms with Crippen LogP contribution in [0.2, 0.25) is 0 Å². The first-order valence-corrected chi connectivity index (χ1v) is 6.52. The minimum Gasteiger partial charge on any atom is -0.314 e. The van der Waals surface area contributed by atoms with Crippen LogP contribution in [0, 0.1) is 23.7 Å². The lowest BCUT2D eigenvalue weighted by Crippen LogP contribution is -2.39. The lowest BCUT2D eigenvalue weighted by atomic mass is 9.70. The molecule has 1 aromatic rings. The summed E-state index contributed by atoms with van der Waals surface area (Å²) in [5.41, 5.74) is 2.04. The van der Waals surface area contributed by atoms with Gasteiger partial charge in [-0.3, -0.25) is 4.79 Å². The molecule has 1 heterocycles. The van der Waals surface area contributed by atoms with Crippen molar-refractivity contribution in [2.24, 2.45) is 5.41 Å². The van der Waals surface area contributed by atoms with Crippen molar-refractivity contribution in [3.8, 4) is 6.07 Å². The van der Waals surface area contributed by atoms with Gasteiger partial charge < -0.3 is 4.90 Å². The number of carbonyl (C=O) groups excluding carboxylic acids is 1. The Morgan fingerprint density at radius 2 is 2.05 bits per heavy atom. The van der Waals surface area contributed by atoms with E-state index in [9.17, 15) is 10.1 Å². The third-order valence-electron chi connectivity index (χ3n) is 4.04. The van der Waals surface area contributed by atoms with Crippen molar-refractivity contribution in [2.75, 3.05) is 11.9 Å².